The molecule has 0 amide bonds. The predicted octanol–water partition coefficient (Wildman–Crippen LogP) is 1.98. The normalized spacial score (nSPS) is 15.2. The minimum atomic E-state index is -3.76. The standard InChI is InChI=1S/C11H15BrFNO3S2/c1-7(10(6-15)18-2)14-19(16,17)11-4-3-8(13)5-9(11)12/h3-5,7,10,14-15H,6H2,1-2H3. The zero-order valence-corrected chi connectivity index (χ0v) is 13.6. The van der Waals surface area contributed by atoms with Crippen molar-refractivity contribution in [3.8, 4) is 0 Å². The zero-order chi connectivity index (χ0) is 14.6. The van der Waals surface area contributed by atoms with Gasteiger partial charge in [0.2, 0.25) is 10.0 Å². The van der Waals surface area contributed by atoms with Crippen molar-refractivity contribution >= 4 is 37.7 Å². The molecule has 1 aromatic carbocycles. The molecule has 8 heteroatoms. The molecule has 0 heterocycles. The Morgan fingerprint density at radius 2 is 2.16 bits per heavy atom. The molecule has 0 radical (unpaired) electrons. The summed E-state index contributed by atoms with van der Waals surface area (Å²) in [6.45, 7) is 1.54. The van der Waals surface area contributed by atoms with E-state index in [-0.39, 0.29) is 21.2 Å². The van der Waals surface area contributed by atoms with Gasteiger partial charge in [-0.15, -0.1) is 0 Å². The Morgan fingerprint density at radius 3 is 2.63 bits per heavy atom. The Balaban J connectivity index is 2.98. The molecule has 0 bridgehead atoms. The molecular weight excluding hydrogens is 357 g/mol. The molecule has 0 aliphatic carbocycles. The Bertz CT molecular complexity index is 535. The molecule has 108 valence electrons. The van der Waals surface area contributed by atoms with Crippen LogP contribution in [0.1, 0.15) is 6.92 Å². The summed E-state index contributed by atoms with van der Waals surface area (Å²) in [5.74, 6) is -0.517. The quantitative estimate of drug-likeness (QED) is 0.802. The van der Waals surface area contributed by atoms with E-state index in [1.165, 1.54) is 17.8 Å². The van der Waals surface area contributed by atoms with Gasteiger partial charge in [-0.1, -0.05) is 0 Å². The maximum Gasteiger partial charge on any atom is 0.241 e. The highest BCUT2D eigenvalue weighted by Crippen LogP contribution is 2.23. The van der Waals surface area contributed by atoms with Crippen LogP contribution < -0.4 is 4.72 Å². The second kappa shape index (κ2) is 7.03. The smallest absolute Gasteiger partial charge is 0.241 e. The van der Waals surface area contributed by atoms with E-state index in [2.05, 4.69) is 20.7 Å². The molecular formula is C11H15BrFNO3S2. The lowest BCUT2D eigenvalue weighted by Gasteiger charge is -2.21. The number of halogens is 2. The van der Waals surface area contributed by atoms with Crippen molar-refractivity contribution in [2.24, 2.45) is 0 Å². The van der Waals surface area contributed by atoms with E-state index >= 15 is 0 Å². The van der Waals surface area contributed by atoms with Crippen LogP contribution in [0.4, 0.5) is 4.39 Å². The minimum absolute atomic E-state index is 0.0291. The van der Waals surface area contributed by atoms with Crippen LogP contribution in [-0.4, -0.2) is 37.7 Å². The van der Waals surface area contributed by atoms with Crippen molar-refractivity contribution in [3.63, 3.8) is 0 Å². The van der Waals surface area contributed by atoms with Crippen molar-refractivity contribution in [1.82, 2.24) is 4.72 Å². The summed E-state index contributed by atoms with van der Waals surface area (Å²) in [4.78, 5) is -0.0291. The Kier molecular flexibility index (Phi) is 6.25. The van der Waals surface area contributed by atoms with Crippen molar-refractivity contribution in [3.05, 3.63) is 28.5 Å². The lowest BCUT2D eigenvalue weighted by Crippen LogP contribution is -2.41. The van der Waals surface area contributed by atoms with Crippen molar-refractivity contribution in [1.29, 1.82) is 0 Å². The molecule has 0 saturated heterocycles. The number of nitrogens with one attached hydrogen (secondary N) is 1. The maximum atomic E-state index is 13.0. The third kappa shape index (κ3) is 4.42. The fourth-order valence-corrected chi connectivity index (χ4v) is 4.56. The topological polar surface area (TPSA) is 66.4 Å². The summed E-state index contributed by atoms with van der Waals surface area (Å²) in [5.41, 5.74) is 0. The van der Waals surface area contributed by atoms with Gasteiger partial charge in [0.1, 0.15) is 5.82 Å². The molecule has 4 nitrogen and oxygen atoms in total. The summed E-state index contributed by atoms with van der Waals surface area (Å²) in [5, 5.41) is 8.90. The summed E-state index contributed by atoms with van der Waals surface area (Å²) >= 11 is 4.40. The van der Waals surface area contributed by atoms with Crippen molar-refractivity contribution in [2.75, 3.05) is 12.9 Å². The van der Waals surface area contributed by atoms with Crippen LogP contribution in [0, 0.1) is 5.82 Å². The van der Waals surface area contributed by atoms with Gasteiger partial charge in [0.15, 0.2) is 0 Å². The number of benzene rings is 1. The summed E-state index contributed by atoms with van der Waals surface area (Å²) < 4.78 is 39.9. The average Bonchev–Trinajstić information content (AvgIpc) is 2.29. The Labute approximate surface area is 125 Å². The first kappa shape index (κ1) is 16.9. The van der Waals surface area contributed by atoms with Gasteiger partial charge in [-0.3, -0.25) is 0 Å². The average molecular weight is 372 g/mol. The number of thioether (sulfide) groups is 1. The number of hydrogen-bond acceptors (Lipinski definition) is 4. The highest BCUT2D eigenvalue weighted by atomic mass is 79.9. The van der Waals surface area contributed by atoms with Crippen LogP contribution in [0.2, 0.25) is 0 Å². The number of aliphatic hydroxyl groups is 1. The van der Waals surface area contributed by atoms with E-state index in [9.17, 15) is 12.8 Å². The summed E-state index contributed by atoms with van der Waals surface area (Å²) in [7, 11) is -3.76. The SMILES string of the molecule is CSC(CO)C(C)NS(=O)(=O)c1ccc(F)cc1Br. The van der Waals surface area contributed by atoms with Gasteiger partial charge in [-0.05, 0) is 47.3 Å². The van der Waals surface area contributed by atoms with E-state index < -0.39 is 21.9 Å². The van der Waals surface area contributed by atoms with Gasteiger partial charge in [-0.25, -0.2) is 17.5 Å². The maximum absolute atomic E-state index is 13.0. The molecule has 2 N–H and O–H groups in total. The Morgan fingerprint density at radius 1 is 1.53 bits per heavy atom. The molecule has 19 heavy (non-hydrogen) atoms. The second-order valence-corrected chi connectivity index (χ2v) is 7.56. The molecule has 2 atom stereocenters. The van der Waals surface area contributed by atoms with Crippen molar-refractivity contribution < 1.29 is 17.9 Å². The molecule has 0 aliphatic rings. The molecule has 0 aliphatic heterocycles. The van der Waals surface area contributed by atoms with Gasteiger partial charge in [0.05, 0.1) is 11.5 Å². The van der Waals surface area contributed by atoms with E-state index in [0.29, 0.717) is 0 Å². The lowest BCUT2D eigenvalue weighted by molar-refractivity contribution is 0.282. The fraction of sp³-hybridized carbons (Fsp3) is 0.455. The number of sulfonamides is 1. The number of hydrogen-bond donors (Lipinski definition) is 2. The largest absolute Gasteiger partial charge is 0.395 e. The van der Waals surface area contributed by atoms with Gasteiger partial charge in [0.25, 0.3) is 0 Å². The van der Waals surface area contributed by atoms with Crippen LogP contribution in [0.5, 0.6) is 0 Å². The highest BCUT2D eigenvalue weighted by molar-refractivity contribution is 9.10. The van der Waals surface area contributed by atoms with Gasteiger partial charge in [0, 0.05) is 15.8 Å². The molecule has 0 spiro atoms. The highest BCUT2D eigenvalue weighted by Gasteiger charge is 2.24. The predicted molar refractivity (Wildman–Crippen MR) is 78.3 cm³/mol. The van der Waals surface area contributed by atoms with Crippen LogP contribution in [-0.2, 0) is 10.0 Å². The first-order valence-corrected chi connectivity index (χ1v) is 8.99. The molecule has 0 fully saturated rings. The second-order valence-electron chi connectivity index (χ2n) is 3.94. The van der Waals surface area contributed by atoms with E-state index in [1.807, 2.05) is 0 Å². The first-order valence-electron chi connectivity index (χ1n) is 5.43. The minimum Gasteiger partial charge on any atom is -0.395 e. The lowest BCUT2D eigenvalue weighted by atomic mass is 10.3. The summed E-state index contributed by atoms with van der Waals surface area (Å²) in [6.07, 6.45) is 1.79. The third-order valence-electron chi connectivity index (χ3n) is 2.56. The van der Waals surface area contributed by atoms with Crippen LogP contribution >= 0.6 is 27.7 Å². The van der Waals surface area contributed by atoms with Crippen molar-refractivity contribution in [2.45, 2.75) is 23.1 Å². The third-order valence-corrected chi connectivity index (χ3v) is 6.26. The van der Waals surface area contributed by atoms with Gasteiger partial charge in [-0.2, -0.15) is 11.8 Å². The number of rotatable bonds is 6. The number of aliphatic hydroxyl groups excluding tert-OH is 1. The zero-order valence-electron chi connectivity index (χ0n) is 10.4. The van der Waals surface area contributed by atoms with E-state index in [4.69, 9.17) is 5.11 Å². The summed E-state index contributed by atoms with van der Waals surface area (Å²) in [6, 6.07) is 2.93. The van der Waals surface area contributed by atoms with Crippen LogP contribution in [0.15, 0.2) is 27.6 Å². The van der Waals surface area contributed by atoms with E-state index in [1.54, 1.807) is 13.2 Å². The van der Waals surface area contributed by atoms with Crippen LogP contribution in [0.3, 0.4) is 0 Å². The monoisotopic (exact) mass is 371 g/mol. The molecule has 0 aromatic heterocycles. The Hall–Kier alpha value is -0.150. The van der Waals surface area contributed by atoms with Gasteiger partial charge >= 0.3 is 0 Å². The van der Waals surface area contributed by atoms with E-state index in [0.717, 1.165) is 12.1 Å². The molecule has 1 aromatic rings. The van der Waals surface area contributed by atoms with Crippen LogP contribution in [0.25, 0.3) is 0 Å². The first-order chi connectivity index (χ1) is 8.81. The molecule has 2 unspecified atom stereocenters. The fourth-order valence-electron chi connectivity index (χ4n) is 1.51. The molecule has 0 saturated carbocycles. The molecule has 1 rings (SSSR count). The van der Waals surface area contributed by atoms with Gasteiger partial charge < -0.3 is 5.11 Å².